The Morgan fingerprint density at radius 2 is 2.00 bits per heavy atom. The number of rotatable bonds is 5. The lowest BCUT2D eigenvalue weighted by Crippen LogP contribution is -2.29. The van der Waals surface area contributed by atoms with E-state index in [0.717, 1.165) is 16.2 Å². The SMILES string of the molecule is CCOC(=O)c1sc(N2C(=O)C(=O)/C(=C(/O)c3ccc(Cl)cc3)C2c2ccco2)nc1C. The highest BCUT2D eigenvalue weighted by Gasteiger charge is 2.49. The number of ketones is 1. The molecule has 3 aromatic rings. The summed E-state index contributed by atoms with van der Waals surface area (Å²) in [6, 6.07) is 8.32. The molecule has 1 atom stereocenters. The maximum Gasteiger partial charge on any atom is 0.350 e. The Balaban J connectivity index is 1.87. The third-order valence-corrected chi connectivity index (χ3v) is 6.22. The molecule has 1 aromatic carbocycles. The lowest BCUT2D eigenvalue weighted by molar-refractivity contribution is -0.132. The van der Waals surface area contributed by atoms with E-state index in [4.69, 9.17) is 20.8 Å². The minimum atomic E-state index is -1.07. The highest BCUT2D eigenvalue weighted by atomic mass is 35.5. The summed E-state index contributed by atoms with van der Waals surface area (Å²) in [6.07, 6.45) is 1.40. The summed E-state index contributed by atoms with van der Waals surface area (Å²) in [6.45, 7) is 3.48. The summed E-state index contributed by atoms with van der Waals surface area (Å²) in [5, 5.41) is 11.5. The molecule has 8 nitrogen and oxygen atoms in total. The van der Waals surface area contributed by atoms with Gasteiger partial charge in [-0.05, 0) is 50.2 Å². The zero-order valence-electron chi connectivity index (χ0n) is 17.0. The second kappa shape index (κ2) is 8.60. The Hall–Kier alpha value is -3.43. The van der Waals surface area contributed by atoms with Crippen molar-refractivity contribution in [1.82, 2.24) is 4.98 Å². The van der Waals surface area contributed by atoms with Crippen LogP contribution < -0.4 is 4.90 Å². The number of hydrogen-bond donors (Lipinski definition) is 1. The Morgan fingerprint density at radius 1 is 1.28 bits per heavy atom. The zero-order chi connectivity index (χ0) is 23.0. The number of aromatic nitrogens is 1. The van der Waals surface area contributed by atoms with E-state index in [1.165, 1.54) is 18.4 Å². The number of anilines is 1. The summed E-state index contributed by atoms with van der Waals surface area (Å²) in [5.41, 5.74) is 0.519. The molecule has 1 saturated heterocycles. The average molecular weight is 473 g/mol. The average Bonchev–Trinajstić information content (AvgIpc) is 3.48. The predicted molar refractivity (Wildman–Crippen MR) is 118 cm³/mol. The third-order valence-electron chi connectivity index (χ3n) is 4.83. The van der Waals surface area contributed by atoms with Crippen LogP contribution in [0.5, 0.6) is 0 Å². The maximum absolute atomic E-state index is 13.0. The van der Waals surface area contributed by atoms with Crippen LogP contribution in [0.15, 0.2) is 52.7 Å². The summed E-state index contributed by atoms with van der Waals surface area (Å²) >= 11 is 6.85. The Kier molecular flexibility index (Phi) is 5.86. The molecule has 1 aliphatic heterocycles. The number of aliphatic hydroxyl groups excluding tert-OH is 1. The fraction of sp³-hybridized carbons (Fsp3) is 0.182. The number of nitrogens with zero attached hydrogens (tertiary/aromatic N) is 2. The van der Waals surface area contributed by atoms with Crippen molar-refractivity contribution in [3.8, 4) is 0 Å². The first-order valence-electron chi connectivity index (χ1n) is 9.58. The van der Waals surface area contributed by atoms with Gasteiger partial charge in [-0.3, -0.25) is 14.5 Å². The van der Waals surface area contributed by atoms with Gasteiger partial charge >= 0.3 is 11.9 Å². The molecule has 0 aliphatic carbocycles. The fourth-order valence-corrected chi connectivity index (χ4v) is 4.49. The number of aryl methyl sites for hydroxylation is 1. The number of amides is 1. The quantitative estimate of drug-likeness (QED) is 0.252. The molecule has 2 aromatic heterocycles. The van der Waals surface area contributed by atoms with Crippen molar-refractivity contribution in [3.63, 3.8) is 0 Å². The second-order valence-corrected chi connectivity index (χ2v) is 8.24. The molecule has 1 unspecified atom stereocenters. The largest absolute Gasteiger partial charge is 0.507 e. The summed E-state index contributed by atoms with van der Waals surface area (Å²) in [7, 11) is 0. The molecule has 32 heavy (non-hydrogen) atoms. The van der Waals surface area contributed by atoms with Crippen LogP contribution >= 0.6 is 22.9 Å². The van der Waals surface area contributed by atoms with Gasteiger partial charge in [0.05, 0.1) is 24.1 Å². The van der Waals surface area contributed by atoms with E-state index in [2.05, 4.69) is 4.98 Å². The highest BCUT2D eigenvalue weighted by Crippen LogP contribution is 2.44. The van der Waals surface area contributed by atoms with E-state index in [-0.39, 0.29) is 33.7 Å². The molecular formula is C22H17ClN2O6S. The molecule has 1 aliphatic rings. The fourth-order valence-electron chi connectivity index (χ4n) is 3.38. The molecule has 10 heteroatoms. The van der Waals surface area contributed by atoms with Crippen LogP contribution in [-0.4, -0.2) is 34.4 Å². The van der Waals surface area contributed by atoms with Crippen molar-refractivity contribution in [2.24, 2.45) is 0 Å². The van der Waals surface area contributed by atoms with E-state index in [1.807, 2.05) is 0 Å². The van der Waals surface area contributed by atoms with Crippen LogP contribution in [0.25, 0.3) is 5.76 Å². The number of carbonyl (C=O) groups is 3. The smallest absolute Gasteiger partial charge is 0.350 e. The topological polar surface area (TPSA) is 110 Å². The van der Waals surface area contributed by atoms with Gasteiger partial charge in [0.15, 0.2) is 5.13 Å². The van der Waals surface area contributed by atoms with E-state index >= 15 is 0 Å². The van der Waals surface area contributed by atoms with E-state index in [9.17, 15) is 19.5 Å². The van der Waals surface area contributed by atoms with Gasteiger partial charge in [0, 0.05) is 10.6 Å². The number of aliphatic hydroxyl groups is 1. The van der Waals surface area contributed by atoms with Gasteiger partial charge in [-0.15, -0.1) is 0 Å². The Bertz CT molecular complexity index is 1230. The molecule has 0 radical (unpaired) electrons. The number of ether oxygens (including phenoxy) is 1. The number of benzene rings is 1. The molecule has 0 bridgehead atoms. The normalized spacial score (nSPS) is 17.7. The van der Waals surface area contributed by atoms with E-state index in [0.29, 0.717) is 16.3 Å². The van der Waals surface area contributed by atoms with Gasteiger partial charge in [0.2, 0.25) is 0 Å². The molecule has 4 rings (SSSR count). The number of carbonyl (C=O) groups excluding carboxylic acids is 3. The van der Waals surface area contributed by atoms with Crippen LogP contribution in [0, 0.1) is 6.92 Å². The predicted octanol–water partition coefficient (Wildman–Crippen LogP) is 4.50. The number of thiazole rings is 1. The van der Waals surface area contributed by atoms with Gasteiger partial charge in [0.1, 0.15) is 22.4 Å². The minimum absolute atomic E-state index is 0.115. The van der Waals surface area contributed by atoms with Gasteiger partial charge in [-0.25, -0.2) is 9.78 Å². The second-order valence-electron chi connectivity index (χ2n) is 6.82. The van der Waals surface area contributed by atoms with Crippen LogP contribution in [0.2, 0.25) is 5.02 Å². The number of furan rings is 1. The third kappa shape index (κ3) is 3.69. The van der Waals surface area contributed by atoms with Crippen LogP contribution in [0.4, 0.5) is 5.13 Å². The summed E-state index contributed by atoms with van der Waals surface area (Å²) < 4.78 is 10.5. The molecule has 0 spiro atoms. The van der Waals surface area contributed by atoms with Crippen molar-refractivity contribution in [2.75, 3.05) is 11.5 Å². The summed E-state index contributed by atoms with van der Waals surface area (Å²) in [4.78, 5) is 44.0. The molecular weight excluding hydrogens is 456 g/mol. The first-order valence-corrected chi connectivity index (χ1v) is 10.8. The van der Waals surface area contributed by atoms with Crippen LogP contribution in [-0.2, 0) is 14.3 Å². The molecule has 1 fully saturated rings. The highest BCUT2D eigenvalue weighted by molar-refractivity contribution is 7.17. The molecule has 1 amide bonds. The van der Waals surface area contributed by atoms with Crippen molar-refractivity contribution in [1.29, 1.82) is 0 Å². The maximum atomic E-state index is 13.0. The van der Waals surface area contributed by atoms with Crippen molar-refractivity contribution >= 4 is 51.5 Å². The Morgan fingerprint density at radius 3 is 2.62 bits per heavy atom. The Labute approximate surface area is 191 Å². The minimum Gasteiger partial charge on any atom is -0.507 e. The van der Waals surface area contributed by atoms with Crippen LogP contribution in [0.1, 0.15) is 39.7 Å². The first-order chi connectivity index (χ1) is 15.3. The van der Waals surface area contributed by atoms with Crippen molar-refractivity contribution < 1.29 is 28.6 Å². The number of halogens is 1. The molecule has 164 valence electrons. The number of esters is 1. The van der Waals surface area contributed by atoms with Crippen molar-refractivity contribution in [3.05, 3.63) is 75.2 Å². The first kappa shape index (κ1) is 21.8. The molecule has 1 N–H and O–H groups in total. The number of Topliss-reactive ketones (excluding diaryl/α,β-unsaturated/α-hetero) is 1. The molecule has 0 saturated carbocycles. The van der Waals surface area contributed by atoms with E-state index in [1.54, 1.807) is 38.1 Å². The summed E-state index contributed by atoms with van der Waals surface area (Å²) in [5.74, 6) is -2.48. The van der Waals surface area contributed by atoms with Crippen molar-refractivity contribution in [2.45, 2.75) is 19.9 Å². The standard InChI is InChI=1S/C22H17ClN2O6S/c1-3-30-21(29)19-11(2)24-22(32-19)25-16(14-5-4-10-31-14)15(18(27)20(25)28)17(26)12-6-8-13(23)9-7-12/h4-10,16,26H,3H2,1-2H3/b17-15+. The van der Waals surface area contributed by atoms with Gasteiger partial charge in [-0.2, -0.15) is 0 Å². The van der Waals surface area contributed by atoms with Crippen LogP contribution in [0.3, 0.4) is 0 Å². The molecule has 3 heterocycles. The van der Waals surface area contributed by atoms with Gasteiger partial charge in [-0.1, -0.05) is 22.9 Å². The van der Waals surface area contributed by atoms with Gasteiger partial charge in [0.25, 0.3) is 5.78 Å². The number of hydrogen-bond acceptors (Lipinski definition) is 8. The lowest BCUT2D eigenvalue weighted by Gasteiger charge is -2.20. The lowest BCUT2D eigenvalue weighted by atomic mass is 9.99. The van der Waals surface area contributed by atoms with E-state index < -0.39 is 23.7 Å². The monoisotopic (exact) mass is 472 g/mol. The van der Waals surface area contributed by atoms with Gasteiger partial charge < -0.3 is 14.3 Å². The zero-order valence-corrected chi connectivity index (χ0v) is 18.6.